The fourth-order valence-corrected chi connectivity index (χ4v) is 2.72. The summed E-state index contributed by atoms with van der Waals surface area (Å²) in [5.41, 5.74) is -1.61. The number of halogens is 3. The molecule has 10 heteroatoms. The zero-order valence-corrected chi connectivity index (χ0v) is 12.9. The van der Waals surface area contributed by atoms with Crippen LogP contribution < -0.4 is 4.18 Å². The van der Waals surface area contributed by atoms with Gasteiger partial charge in [0.1, 0.15) is 4.90 Å². The van der Waals surface area contributed by atoms with Gasteiger partial charge >= 0.3 is 22.0 Å². The molecule has 0 N–H and O–H groups in total. The Bertz CT molecular complexity index is 876. The van der Waals surface area contributed by atoms with E-state index in [1.807, 2.05) is 0 Å². The number of hydrogen-bond donors (Lipinski definition) is 0. The lowest BCUT2D eigenvalue weighted by atomic mass is 10.2. The first-order chi connectivity index (χ1) is 11.0. The van der Waals surface area contributed by atoms with Crippen LogP contribution >= 0.6 is 0 Å². The van der Waals surface area contributed by atoms with E-state index in [0.717, 1.165) is 5.56 Å². The molecule has 0 aromatic heterocycles. The fourth-order valence-electron chi connectivity index (χ4n) is 1.78. The van der Waals surface area contributed by atoms with E-state index in [9.17, 15) is 31.7 Å². The number of hydrogen-bond acceptors (Lipinski definition) is 5. The van der Waals surface area contributed by atoms with Crippen molar-refractivity contribution in [1.82, 2.24) is 0 Å². The van der Waals surface area contributed by atoms with Crippen molar-refractivity contribution in [2.45, 2.75) is 18.0 Å². The van der Waals surface area contributed by atoms with Gasteiger partial charge in [0.2, 0.25) is 5.75 Å². The average molecular weight is 361 g/mol. The summed E-state index contributed by atoms with van der Waals surface area (Å²) in [7, 11) is -4.42. The molecule has 0 saturated carbocycles. The number of benzene rings is 2. The topological polar surface area (TPSA) is 86.5 Å². The Morgan fingerprint density at radius 2 is 1.67 bits per heavy atom. The van der Waals surface area contributed by atoms with Gasteiger partial charge in [0.25, 0.3) is 0 Å². The van der Waals surface area contributed by atoms with E-state index >= 15 is 0 Å². The van der Waals surface area contributed by atoms with Crippen molar-refractivity contribution < 1.29 is 30.7 Å². The Kier molecular flexibility index (Phi) is 4.52. The molecule has 0 heterocycles. The van der Waals surface area contributed by atoms with Gasteiger partial charge in [0, 0.05) is 6.07 Å². The molecule has 0 aliphatic rings. The first-order valence-electron chi connectivity index (χ1n) is 6.37. The van der Waals surface area contributed by atoms with Crippen LogP contribution in [0.15, 0.2) is 47.4 Å². The Balaban J connectivity index is 2.45. The predicted octanol–water partition coefficient (Wildman–Crippen LogP) is 3.69. The highest BCUT2D eigenvalue weighted by molar-refractivity contribution is 7.87. The van der Waals surface area contributed by atoms with E-state index in [4.69, 9.17) is 0 Å². The van der Waals surface area contributed by atoms with Gasteiger partial charge in [-0.05, 0) is 31.2 Å². The first-order valence-corrected chi connectivity index (χ1v) is 7.78. The van der Waals surface area contributed by atoms with Crippen molar-refractivity contribution >= 4 is 15.8 Å². The summed E-state index contributed by atoms with van der Waals surface area (Å²) in [4.78, 5) is 9.51. The van der Waals surface area contributed by atoms with Gasteiger partial charge in [-0.2, -0.15) is 21.6 Å². The number of nitrogens with zero attached hydrogens (tertiary/aromatic N) is 1. The maximum absolute atomic E-state index is 12.6. The summed E-state index contributed by atoms with van der Waals surface area (Å²) < 4.78 is 66.7. The zero-order valence-electron chi connectivity index (χ0n) is 12.1. The lowest BCUT2D eigenvalue weighted by molar-refractivity contribution is -0.385. The quantitative estimate of drug-likeness (QED) is 0.471. The minimum absolute atomic E-state index is 0.222. The Labute approximate surface area is 134 Å². The molecule has 24 heavy (non-hydrogen) atoms. The van der Waals surface area contributed by atoms with Gasteiger partial charge in [0.15, 0.2) is 0 Å². The highest BCUT2D eigenvalue weighted by atomic mass is 32.2. The van der Waals surface area contributed by atoms with Crippen LogP contribution in [-0.2, 0) is 16.3 Å². The van der Waals surface area contributed by atoms with E-state index < -0.39 is 38.2 Å². The van der Waals surface area contributed by atoms with E-state index in [2.05, 4.69) is 4.18 Å². The highest BCUT2D eigenvalue weighted by Crippen LogP contribution is 2.37. The van der Waals surface area contributed by atoms with Gasteiger partial charge in [-0.3, -0.25) is 10.1 Å². The largest absolute Gasteiger partial charge is 0.416 e. The van der Waals surface area contributed by atoms with Gasteiger partial charge in [0.05, 0.1) is 10.5 Å². The van der Waals surface area contributed by atoms with Crippen LogP contribution in [0.3, 0.4) is 0 Å². The second-order valence-electron chi connectivity index (χ2n) is 4.79. The van der Waals surface area contributed by atoms with E-state index in [1.165, 1.54) is 24.3 Å². The Morgan fingerprint density at radius 1 is 1.08 bits per heavy atom. The lowest BCUT2D eigenvalue weighted by Gasteiger charge is -2.10. The molecule has 0 atom stereocenters. The molecule has 0 fully saturated rings. The summed E-state index contributed by atoms with van der Waals surface area (Å²) in [5.74, 6) is -0.798. The standard InChI is InChI=1S/C14H10F3NO5S/c1-9-2-5-11(6-3-9)24(21,22)23-13-7-4-10(14(15,16)17)8-12(13)18(19)20/h2-8H,1H3. The van der Waals surface area contributed by atoms with Gasteiger partial charge in [-0.1, -0.05) is 17.7 Å². The monoisotopic (exact) mass is 361 g/mol. The van der Waals surface area contributed by atoms with Crippen LogP contribution in [-0.4, -0.2) is 13.3 Å². The smallest absolute Gasteiger partial charge is 0.372 e. The van der Waals surface area contributed by atoms with Crippen LogP contribution in [0.4, 0.5) is 18.9 Å². The molecule has 6 nitrogen and oxygen atoms in total. The Hall–Kier alpha value is -2.62. The van der Waals surface area contributed by atoms with Crippen LogP contribution in [0.5, 0.6) is 5.75 Å². The molecule has 0 aliphatic heterocycles. The average Bonchev–Trinajstić information content (AvgIpc) is 2.46. The van der Waals surface area contributed by atoms with E-state index in [-0.39, 0.29) is 11.0 Å². The summed E-state index contributed by atoms with van der Waals surface area (Å²) in [6, 6.07) is 6.75. The van der Waals surface area contributed by atoms with Crippen LogP contribution in [0, 0.1) is 17.0 Å². The van der Waals surface area contributed by atoms with E-state index in [0.29, 0.717) is 12.1 Å². The number of rotatable bonds is 4. The van der Waals surface area contributed by atoms with Crippen molar-refractivity contribution in [1.29, 1.82) is 0 Å². The summed E-state index contributed by atoms with van der Waals surface area (Å²) in [6.45, 7) is 1.72. The van der Waals surface area contributed by atoms with Gasteiger partial charge in [-0.25, -0.2) is 0 Å². The summed E-state index contributed by atoms with van der Waals surface area (Å²) >= 11 is 0. The third-order valence-corrected chi connectivity index (χ3v) is 4.24. The van der Waals surface area contributed by atoms with Crippen LogP contribution in [0.2, 0.25) is 0 Å². The number of aryl methyl sites for hydroxylation is 1. The minimum Gasteiger partial charge on any atom is -0.372 e. The second-order valence-corrected chi connectivity index (χ2v) is 6.33. The molecule has 0 bridgehead atoms. The van der Waals surface area contributed by atoms with Crippen molar-refractivity contribution in [3.8, 4) is 5.75 Å². The molecule has 128 valence electrons. The van der Waals surface area contributed by atoms with Crippen molar-refractivity contribution in [3.63, 3.8) is 0 Å². The van der Waals surface area contributed by atoms with Gasteiger partial charge in [-0.15, -0.1) is 0 Å². The summed E-state index contributed by atoms with van der Waals surface area (Å²) in [5, 5.41) is 10.9. The molecule has 0 aliphatic carbocycles. The first kappa shape index (κ1) is 17.7. The van der Waals surface area contributed by atoms with Gasteiger partial charge < -0.3 is 4.18 Å². The normalized spacial score (nSPS) is 12.0. The molecule has 2 aromatic carbocycles. The Morgan fingerprint density at radius 3 is 2.17 bits per heavy atom. The fraction of sp³-hybridized carbons (Fsp3) is 0.143. The lowest BCUT2D eigenvalue weighted by Crippen LogP contribution is -2.12. The predicted molar refractivity (Wildman–Crippen MR) is 77.1 cm³/mol. The molecular weight excluding hydrogens is 351 g/mol. The molecule has 0 amide bonds. The van der Waals surface area contributed by atoms with Crippen LogP contribution in [0.1, 0.15) is 11.1 Å². The van der Waals surface area contributed by atoms with Crippen LogP contribution in [0.25, 0.3) is 0 Å². The minimum atomic E-state index is -4.81. The number of nitro benzene ring substituents is 1. The molecule has 2 rings (SSSR count). The zero-order chi connectivity index (χ0) is 18.1. The molecule has 0 spiro atoms. The van der Waals surface area contributed by atoms with Crippen molar-refractivity contribution in [2.75, 3.05) is 0 Å². The molecule has 0 saturated heterocycles. The van der Waals surface area contributed by atoms with Crippen molar-refractivity contribution in [3.05, 3.63) is 63.7 Å². The molecular formula is C14H10F3NO5S. The second kappa shape index (κ2) is 6.11. The number of alkyl halides is 3. The highest BCUT2D eigenvalue weighted by Gasteiger charge is 2.34. The molecule has 0 radical (unpaired) electrons. The number of nitro groups is 1. The maximum atomic E-state index is 12.6. The molecule has 2 aromatic rings. The molecule has 0 unspecified atom stereocenters. The SMILES string of the molecule is Cc1ccc(S(=O)(=O)Oc2ccc(C(F)(F)F)cc2[N+](=O)[O-])cc1. The third-order valence-electron chi connectivity index (χ3n) is 2.99. The summed E-state index contributed by atoms with van der Waals surface area (Å²) in [6.07, 6.45) is -4.81. The van der Waals surface area contributed by atoms with Crippen molar-refractivity contribution in [2.24, 2.45) is 0 Å². The maximum Gasteiger partial charge on any atom is 0.416 e. The third kappa shape index (κ3) is 3.82. The van der Waals surface area contributed by atoms with E-state index in [1.54, 1.807) is 6.92 Å².